The summed E-state index contributed by atoms with van der Waals surface area (Å²) < 4.78 is 0. The summed E-state index contributed by atoms with van der Waals surface area (Å²) in [6, 6.07) is 17.4. The summed E-state index contributed by atoms with van der Waals surface area (Å²) in [5, 5.41) is 18.0. The predicted octanol–water partition coefficient (Wildman–Crippen LogP) is 5.03. The first-order chi connectivity index (χ1) is 10.3. The summed E-state index contributed by atoms with van der Waals surface area (Å²) in [5.74, 6) is 0. The van der Waals surface area contributed by atoms with Gasteiger partial charge in [0.05, 0.1) is 6.10 Å². The molecule has 0 fully saturated rings. The van der Waals surface area contributed by atoms with Crippen LogP contribution in [0, 0.1) is 0 Å². The lowest BCUT2D eigenvalue weighted by molar-refractivity contribution is 0.180. The Hall–Kier alpha value is -2.38. The van der Waals surface area contributed by atoms with E-state index in [9.17, 15) is 5.11 Å². The van der Waals surface area contributed by atoms with Gasteiger partial charge < -0.3 is 5.11 Å². The molecule has 0 saturated heterocycles. The summed E-state index contributed by atoms with van der Waals surface area (Å²) in [4.78, 5) is 0. The van der Waals surface area contributed by atoms with Crippen LogP contribution in [0.15, 0.2) is 54.6 Å². The van der Waals surface area contributed by atoms with Gasteiger partial charge >= 0.3 is 0 Å². The zero-order valence-electron chi connectivity index (χ0n) is 11.5. The van der Waals surface area contributed by atoms with Gasteiger partial charge in [-0.25, -0.2) is 0 Å². The topological polar surface area (TPSA) is 20.2 Å². The quantitative estimate of drug-likeness (QED) is 0.444. The summed E-state index contributed by atoms with van der Waals surface area (Å²) >= 11 is 0. The molecule has 1 heteroatoms. The van der Waals surface area contributed by atoms with Crippen LogP contribution in [-0.4, -0.2) is 5.11 Å². The summed E-state index contributed by atoms with van der Waals surface area (Å²) in [6.45, 7) is 0. The Kier molecular flexibility index (Phi) is 2.06. The lowest BCUT2D eigenvalue weighted by atomic mass is 9.85. The lowest BCUT2D eigenvalue weighted by Gasteiger charge is -2.21. The molecule has 5 rings (SSSR count). The maximum Gasteiger partial charge on any atom is 0.0830 e. The molecule has 0 bridgehead atoms. The summed E-state index contributed by atoms with van der Waals surface area (Å²) in [6.07, 6.45) is 4.56. The van der Waals surface area contributed by atoms with E-state index < -0.39 is 0 Å². The molecule has 100 valence electrons. The van der Waals surface area contributed by atoms with Gasteiger partial charge in [0.15, 0.2) is 0 Å². The molecule has 0 aromatic heterocycles. The van der Waals surface area contributed by atoms with E-state index in [-0.39, 0.29) is 6.10 Å². The molecular weight excluding hydrogens is 256 g/mol. The minimum absolute atomic E-state index is 0.382. The molecule has 1 aliphatic carbocycles. The Morgan fingerprint density at radius 1 is 0.857 bits per heavy atom. The fourth-order valence-corrected chi connectivity index (χ4v) is 3.76. The van der Waals surface area contributed by atoms with Crippen LogP contribution >= 0.6 is 0 Å². The largest absolute Gasteiger partial charge is 0.388 e. The number of aliphatic hydroxyl groups is 1. The highest BCUT2D eigenvalue weighted by Gasteiger charge is 2.19. The Labute approximate surface area is 122 Å². The highest BCUT2D eigenvalue weighted by atomic mass is 16.3. The third kappa shape index (κ3) is 1.39. The Balaban J connectivity index is 2.10. The van der Waals surface area contributed by atoms with Crippen LogP contribution in [-0.2, 0) is 0 Å². The van der Waals surface area contributed by atoms with E-state index in [1.807, 2.05) is 0 Å². The molecule has 1 atom stereocenters. The average Bonchev–Trinajstić information content (AvgIpc) is 2.53. The number of hydrogen-bond donors (Lipinski definition) is 1. The number of hydrogen-bond acceptors (Lipinski definition) is 1. The van der Waals surface area contributed by atoms with Crippen molar-refractivity contribution in [3.8, 4) is 0 Å². The average molecular weight is 270 g/mol. The monoisotopic (exact) mass is 270 g/mol. The standard InChI is InChI=1S/C20H14O/c21-18-6-2-5-15-16-10-9-13-4-1-3-12-7-8-14(11-17(15)18)20(16)19(12)13/h1-5,7-11,18,21H,6H2. The third-order valence-electron chi connectivity index (χ3n) is 4.72. The second kappa shape index (κ2) is 3.84. The van der Waals surface area contributed by atoms with Crippen molar-refractivity contribution in [2.45, 2.75) is 12.5 Å². The van der Waals surface area contributed by atoms with Crippen molar-refractivity contribution in [2.75, 3.05) is 0 Å². The molecule has 1 N–H and O–H groups in total. The first-order valence-corrected chi connectivity index (χ1v) is 7.38. The van der Waals surface area contributed by atoms with E-state index in [0.29, 0.717) is 6.42 Å². The molecule has 1 nitrogen and oxygen atoms in total. The van der Waals surface area contributed by atoms with Crippen molar-refractivity contribution in [3.63, 3.8) is 0 Å². The molecule has 0 aliphatic heterocycles. The number of fused-ring (bicyclic) bond motifs is 2. The second-order valence-electron chi connectivity index (χ2n) is 5.89. The fraction of sp³-hybridized carbons (Fsp3) is 0.100. The van der Waals surface area contributed by atoms with E-state index in [1.165, 1.54) is 37.9 Å². The Morgan fingerprint density at radius 2 is 1.62 bits per heavy atom. The van der Waals surface area contributed by atoms with Crippen molar-refractivity contribution >= 4 is 38.4 Å². The molecule has 0 heterocycles. The van der Waals surface area contributed by atoms with Crippen molar-refractivity contribution < 1.29 is 5.11 Å². The van der Waals surface area contributed by atoms with Gasteiger partial charge in [0, 0.05) is 0 Å². The first kappa shape index (κ1) is 11.3. The molecule has 0 amide bonds. The van der Waals surface area contributed by atoms with E-state index in [4.69, 9.17) is 0 Å². The van der Waals surface area contributed by atoms with E-state index >= 15 is 0 Å². The predicted molar refractivity (Wildman–Crippen MR) is 88.8 cm³/mol. The highest BCUT2D eigenvalue weighted by Crippen LogP contribution is 2.41. The van der Waals surface area contributed by atoms with Crippen LogP contribution in [0.25, 0.3) is 38.4 Å². The van der Waals surface area contributed by atoms with Crippen LogP contribution in [0.5, 0.6) is 0 Å². The Bertz CT molecular complexity index is 1010. The van der Waals surface area contributed by atoms with Crippen molar-refractivity contribution in [3.05, 3.63) is 65.7 Å². The molecule has 1 unspecified atom stereocenters. The van der Waals surface area contributed by atoms with E-state index in [2.05, 4.69) is 60.7 Å². The maximum absolute atomic E-state index is 10.3. The van der Waals surface area contributed by atoms with Gasteiger partial charge in [-0.1, -0.05) is 54.6 Å². The van der Waals surface area contributed by atoms with Crippen molar-refractivity contribution in [1.82, 2.24) is 0 Å². The minimum Gasteiger partial charge on any atom is -0.388 e. The van der Waals surface area contributed by atoms with Crippen molar-refractivity contribution in [2.24, 2.45) is 0 Å². The van der Waals surface area contributed by atoms with Gasteiger partial charge in [-0.15, -0.1) is 0 Å². The molecule has 0 spiro atoms. The van der Waals surface area contributed by atoms with Gasteiger partial charge in [0.1, 0.15) is 0 Å². The van der Waals surface area contributed by atoms with Crippen LogP contribution in [0.4, 0.5) is 0 Å². The normalized spacial score (nSPS) is 17.9. The molecule has 1 aliphatic rings. The maximum atomic E-state index is 10.3. The smallest absolute Gasteiger partial charge is 0.0830 e. The van der Waals surface area contributed by atoms with Gasteiger partial charge in [0.2, 0.25) is 0 Å². The molecule has 0 saturated carbocycles. The van der Waals surface area contributed by atoms with E-state index in [1.54, 1.807) is 0 Å². The van der Waals surface area contributed by atoms with Gasteiger partial charge in [-0.3, -0.25) is 0 Å². The Morgan fingerprint density at radius 3 is 2.48 bits per heavy atom. The number of rotatable bonds is 0. The zero-order chi connectivity index (χ0) is 14.0. The minimum atomic E-state index is -0.382. The van der Waals surface area contributed by atoms with Crippen LogP contribution in [0.2, 0.25) is 0 Å². The van der Waals surface area contributed by atoms with Gasteiger partial charge in [-0.2, -0.15) is 0 Å². The zero-order valence-corrected chi connectivity index (χ0v) is 11.5. The molecular formula is C20H14O. The molecule has 21 heavy (non-hydrogen) atoms. The SMILES string of the molecule is OC1CC=Cc2c1cc1ccc3cccc4ccc2c1c34. The fourth-order valence-electron chi connectivity index (χ4n) is 3.76. The third-order valence-corrected chi connectivity index (χ3v) is 4.72. The van der Waals surface area contributed by atoms with Crippen LogP contribution < -0.4 is 0 Å². The first-order valence-electron chi connectivity index (χ1n) is 7.38. The number of benzene rings is 4. The molecule has 0 radical (unpaired) electrons. The van der Waals surface area contributed by atoms with Crippen LogP contribution in [0.3, 0.4) is 0 Å². The number of aliphatic hydroxyl groups excluding tert-OH is 1. The van der Waals surface area contributed by atoms with Crippen LogP contribution in [0.1, 0.15) is 23.7 Å². The highest BCUT2D eigenvalue weighted by molar-refractivity contribution is 6.24. The van der Waals surface area contributed by atoms with E-state index in [0.717, 1.165) is 5.56 Å². The summed E-state index contributed by atoms with van der Waals surface area (Å²) in [7, 11) is 0. The van der Waals surface area contributed by atoms with Crippen molar-refractivity contribution in [1.29, 1.82) is 0 Å². The molecule has 4 aromatic rings. The summed E-state index contributed by atoms with van der Waals surface area (Å²) in [5.41, 5.74) is 2.24. The molecule has 4 aromatic carbocycles. The lowest BCUT2D eigenvalue weighted by Crippen LogP contribution is -2.03. The van der Waals surface area contributed by atoms with Gasteiger partial charge in [-0.05, 0) is 55.9 Å². The van der Waals surface area contributed by atoms with Gasteiger partial charge in [0.25, 0.3) is 0 Å². The second-order valence-corrected chi connectivity index (χ2v) is 5.89.